The molecule has 0 unspecified atom stereocenters. The van der Waals surface area contributed by atoms with Gasteiger partial charge in [0.2, 0.25) is 0 Å². The Balaban J connectivity index is 2.08. The van der Waals surface area contributed by atoms with E-state index in [4.69, 9.17) is 0 Å². The first-order valence-corrected chi connectivity index (χ1v) is 9.92. The molecule has 0 spiro atoms. The summed E-state index contributed by atoms with van der Waals surface area (Å²) in [4.78, 5) is 19.3. The summed E-state index contributed by atoms with van der Waals surface area (Å²) in [7, 11) is 0. The molecule has 3 nitrogen and oxygen atoms in total. The zero-order valence-electron chi connectivity index (χ0n) is 14.6. The summed E-state index contributed by atoms with van der Waals surface area (Å²) in [5.74, 6) is 0.553. The molecule has 1 heterocycles. The molecular formula is C19H23BrN2OS. The summed E-state index contributed by atoms with van der Waals surface area (Å²) >= 11 is 5.10. The molecule has 1 saturated carbocycles. The number of nitrogens with zero attached hydrogens (tertiary/aromatic N) is 2. The van der Waals surface area contributed by atoms with Gasteiger partial charge >= 0.3 is 0 Å². The second-order valence-electron chi connectivity index (χ2n) is 7.50. The van der Waals surface area contributed by atoms with Crippen LogP contribution in [-0.4, -0.2) is 10.5 Å². The summed E-state index contributed by atoms with van der Waals surface area (Å²) in [6.07, 6.45) is 2.56. The Morgan fingerprint density at radius 3 is 2.58 bits per heavy atom. The van der Waals surface area contributed by atoms with Gasteiger partial charge in [-0.2, -0.15) is 4.99 Å². The van der Waals surface area contributed by atoms with Crippen molar-refractivity contribution in [2.45, 2.75) is 52.5 Å². The van der Waals surface area contributed by atoms with Gasteiger partial charge in [-0.25, -0.2) is 0 Å². The van der Waals surface area contributed by atoms with E-state index in [-0.39, 0.29) is 11.3 Å². The monoisotopic (exact) mass is 406 g/mol. The predicted octanol–water partition coefficient (Wildman–Crippen LogP) is 5.07. The fourth-order valence-corrected chi connectivity index (χ4v) is 4.47. The van der Waals surface area contributed by atoms with Crippen LogP contribution in [0, 0.1) is 12.8 Å². The molecule has 0 atom stereocenters. The quantitative estimate of drug-likeness (QED) is 0.700. The summed E-state index contributed by atoms with van der Waals surface area (Å²) in [6, 6.07) is 7.46. The van der Waals surface area contributed by atoms with Crippen molar-refractivity contribution >= 4 is 33.2 Å². The fraction of sp³-hybridized carbons (Fsp3) is 0.474. The lowest BCUT2D eigenvalue weighted by Gasteiger charge is -2.17. The zero-order valence-corrected chi connectivity index (χ0v) is 17.0. The molecule has 2 aromatic rings. The topological polar surface area (TPSA) is 34.4 Å². The van der Waals surface area contributed by atoms with Crippen molar-refractivity contribution in [1.82, 2.24) is 4.57 Å². The van der Waals surface area contributed by atoms with Crippen LogP contribution in [-0.2, 0) is 12.0 Å². The van der Waals surface area contributed by atoms with Crippen molar-refractivity contribution in [3.63, 3.8) is 0 Å². The van der Waals surface area contributed by atoms with Crippen molar-refractivity contribution in [3.05, 3.63) is 49.7 Å². The Kier molecular flexibility index (Phi) is 4.85. The van der Waals surface area contributed by atoms with Crippen LogP contribution in [0.5, 0.6) is 0 Å². The molecule has 1 aromatic carbocycles. The van der Waals surface area contributed by atoms with E-state index in [0.717, 1.165) is 21.7 Å². The highest BCUT2D eigenvalue weighted by atomic mass is 79.9. The smallest absolute Gasteiger partial charge is 0.280 e. The molecule has 1 amide bonds. The summed E-state index contributed by atoms with van der Waals surface area (Å²) in [5, 5.41) is 0. The van der Waals surface area contributed by atoms with Crippen LogP contribution in [0.3, 0.4) is 0 Å². The highest BCUT2D eigenvalue weighted by molar-refractivity contribution is 9.10. The number of carbonyl (C=O) groups is 1. The van der Waals surface area contributed by atoms with Gasteiger partial charge in [-0.1, -0.05) is 32.9 Å². The van der Waals surface area contributed by atoms with Gasteiger partial charge in [0.15, 0.2) is 4.80 Å². The van der Waals surface area contributed by atoms with Gasteiger partial charge in [-0.05, 0) is 59.2 Å². The number of aromatic nitrogens is 1. The minimum Gasteiger partial charge on any atom is -0.320 e. The number of rotatable bonds is 3. The molecule has 3 rings (SSSR count). The van der Waals surface area contributed by atoms with E-state index in [1.807, 2.05) is 24.3 Å². The molecule has 1 fully saturated rings. The van der Waals surface area contributed by atoms with E-state index in [1.54, 1.807) is 11.3 Å². The molecular weight excluding hydrogens is 384 g/mol. The van der Waals surface area contributed by atoms with Gasteiger partial charge in [0.25, 0.3) is 5.91 Å². The van der Waals surface area contributed by atoms with Crippen LogP contribution in [0.25, 0.3) is 0 Å². The lowest BCUT2D eigenvalue weighted by Crippen LogP contribution is -2.20. The first-order chi connectivity index (χ1) is 11.3. The molecule has 0 bridgehead atoms. The standard InChI is InChI=1S/C19H23BrN2OS/c1-12-16(19(2,3)4)24-18(22(12)11-13-9-10-13)21-17(23)14-7-5-6-8-15(14)20/h5-8,13H,9-11H2,1-4H3. The third kappa shape index (κ3) is 3.72. The minimum atomic E-state index is -0.186. The third-order valence-electron chi connectivity index (χ3n) is 4.28. The number of hydrogen-bond donors (Lipinski definition) is 0. The van der Waals surface area contributed by atoms with Crippen LogP contribution in [0.15, 0.2) is 33.7 Å². The van der Waals surface area contributed by atoms with E-state index >= 15 is 0 Å². The minimum absolute atomic E-state index is 0.0597. The summed E-state index contributed by atoms with van der Waals surface area (Å²) in [5.41, 5.74) is 1.92. The normalized spacial score (nSPS) is 15.8. The zero-order chi connectivity index (χ0) is 17.5. The van der Waals surface area contributed by atoms with Gasteiger partial charge in [0.1, 0.15) is 0 Å². The number of halogens is 1. The van der Waals surface area contributed by atoms with E-state index in [0.29, 0.717) is 5.56 Å². The van der Waals surface area contributed by atoms with Crippen LogP contribution in [0.2, 0.25) is 0 Å². The molecule has 1 aliphatic carbocycles. The second-order valence-corrected chi connectivity index (χ2v) is 9.33. The van der Waals surface area contributed by atoms with E-state index in [2.05, 4.69) is 53.2 Å². The Morgan fingerprint density at radius 1 is 1.33 bits per heavy atom. The molecule has 1 aliphatic rings. The van der Waals surface area contributed by atoms with Crippen LogP contribution >= 0.6 is 27.3 Å². The first kappa shape index (κ1) is 17.6. The van der Waals surface area contributed by atoms with Crippen molar-refractivity contribution < 1.29 is 4.79 Å². The lowest BCUT2D eigenvalue weighted by molar-refractivity contribution is 0.0997. The Morgan fingerprint density at radius 2 is 2.00 bits per heavy atom. The average molecular weight is 407 g/mol. The van der Waals surface area contributed by atoms with Crippen LogP contribution < -0.4 is 4.80 Å². The Hall–Kier alpha value is -1.20. The Labute approximate surface area is 155 Å². The SMILES string of the molecule is Cc1c(C(C)(C)C)sc(=NC(=O)c2ccccc2Br)n1CC1CC1. The summed E-state index contributed by atoms with van der Waals surface area (Å²) in [6.45, 7) is 9.77. The molecule has 128 valence electrons. The number of amides is 1. The van der Waals surface area contributed by atoms with Crippen molar-refractivity contribution in [2.75, 3.05) is 0 Å². The molecule has 0 N–H and O–H groups in total. The van der Waals surface area contributed by atoms with Gasteiger partial charge < -0.3 is 4.57 Å². The Bertz CT molecular complexity index is 838. The largest absolute Gasteiger partial charge is 0.320 e. The number of hydrogen-bond acceptors (Lipinski definition) is 2. The van der Waals surface area contributed by atoms with E-state index < -0.39 is 0 Å². The van der Waals surface area contributed by atoms with Gasteiger partial charge in [0.05, 0.1) is 5.56 Å². The predicted molar refractivity (Wildman–Crippen MR) is 103 cm³/mol. The number of benzene rings is 1. The highest BCUT2D eigenvalue weighted by Crippen LogP contribution is 2.33. The average Bonchev–Trinajstić information content (AvgIpc) is 3.26. The fourth-order valence-electron chi connectivity index (χ4n) is 2.82. The molecule has 5 heteroatoms. The van der Waals surface area contributed by atoms with Crippen molar-refractivity contribution in [2.24, 2.45) is 10.9 Å². The first-order valence-electron chi connectivity index (χ1n) is 8.31. The second kappa shape index (κ2) is 6.60. The van der Waals surface area contributed by atoms with Gasteiger partial charge in [-0.3, -0.25) is 4.79 Å². The van der Waals surface area contributed by atoms with Gasteiger partial charge in [0, 0.05) is 21.6 Å². The molecule has 24 heavy (non-hydrogen) atoms. The molecule has 0 saturated heterocycles. The number of carbonyl (C=O) groups excluding carboxylic acids is 1. The summed E-state index contributed by atoms with van der Waals surface area (Å²) < 4.78 is 3.04. The van der Waals surface area contributed by atoms with E-state index in [9.17, 15) is 4.79 Å². The maximum Gasteiger partial charge on any atom is 0.280 e. The highest BCUT2D eigenvalue weighted by Gasteiger charge is 2.27. The lowest BCUT2D eigenvalue weighted by atomic mass is 9.93. The maximum atomic E-state index is 12.7. The molecule has 1 aromatic heterocycles. The van der Waals surface area contributed by atoms with Crippen LogP contribution in [0.1, 0.15) is 54.5 Å². The van der Waals surface area contributed by atoms with Crippen molar-refractivity contribution in [3.8, 4) is 0 Å². The number of thiazole rings is 1. The maximum absolute atomic E-state index is 12.7. The van der Waals surface area contributed by atoms with Crippen LogP contribution in [0.4, 0.5) is 0 Å². The van der Waals surface area contributed by atoms with Gasteiger partial charge in [-0.15, -0.1) is 11.3 Å². The van der Waals surface area contributed by atoms with E-state index in [1.165, 1.54) is 23.4 Å². The molecule has 0 aliphatic heterocycles. The van der Waals surface area contributed by atoms with Crippen molar-refractivity contribution in [1.29, 1.82) is 0 Å². The third-order valence-corrected chi connectivity index (χ3v) is 6.58. The molecule has 0 radical (unpaired) electrons.